The number of rotatable bonds is 6. The molecular formula is C22H19N5. The van der Waals surface area contributed by atoms with Crippen LogP contribution in [0, 0.1) is 0 Å². The van der Waals surface area contributed by atoms with E-state index in [1.807, 2.05) is 66.7 Å². The van der Waals surface area contributed by atoms with Gasteiger partial charge in [-0.3, -0.25) is 4.98 Å². The summed E-state index contributed by atoms with van der Waals surface area (Å²) in [5.41, 5.74) is 3.68. The van der Waals surface area contributed by atoms with Gasteiger partial charge >= 0.3 is 0 Å². The number of hydrogen-bond acceptors (Lipinski definition) is 5. The van der Waals surface area contributed by atoms with E-state index in [0.29, 0.717) is 18.3 Å². The molecule has 27 heavy (non-hydrogen) atoms. The highest BCUT2D eigenvalue weighted by Gasteiger charge is 2.08. The molecule has 0 bridgehead atoms. The van der Waals surface area contributed by atoms with Gasteiger partial charge in [0.25, 0.3) is 0 Å². The molecule has 0 amide bonds. The molecule has 2 aromatic heterocycles. The molecule has 2 heterocycles. The van der Waals surface area contributed by atoms with Gasteiger partial charge in [0.05, 0.1) is 16.9 Å². The summed E-state index contributed by atoms with van der Waals surface area (Å²) in [7, 11) is 0. The van der Waals surface area contributed by atoms with Crippen molar-refractivity contribution in [3.8, 4) is 11.3 Å². The van der Waals surface area contributed by atoms with Crippen LogP contribution in [0.25, 0.3) is 22.2 Å². The second kappa shape index (κ2) is 7.66. The van der Waals surface area contributed by atoms with E-state index in [4.69, 9.17) is 0 Å². The molecule has 4 rings (SSSR count). The van der Waals surface area contributed by atoms with Crippen molar-refractivity contribution in [1.29, 1.82) is 0 Å². The molecule has 0 unspecified atom stereocenters. The van der Waals surface area contributed by atoms with Crippen LogP contribution in [0.1, 0.15) is 0 Å². The number of aromatic nitrogens is 3. The van der Waals surface area contributed by atoms with Crippen molar-refractivity contribution in [3.63, 3.8) is 0 Å². The zero-order chi connectivity index (χ0) is 18.5. The van der Waals surface area contributed by atoms with Crippen molar-refractivity contribution in [2.45, 2.75) is 0 Å². The highest BCUT2D eigenvalue weighted by molar-refractivity contribution is 5.91. The van der Waals surface area contributed by atoms with Gasteiger partial charge < -0.3 is 10.6 Å². The fourth-order valence-electron chi connectivity index (χ4n) is 2.85. The molecule has 5 nitrogen and oxygen atoms in total. The van der Waals surface area contributed by atoms with Crippen LogP contribution in [0.4, 0.5) is 17.5 Å². The van der Waals surface area contributed by atoms with Gasteiger partial charge in [-0.25, -0.2) is 4.98 Å². The molecule has 2 N–H and O–H groups in total. The molecule has 0 radical (unpaired) electrons. The van der Waals surface area contributed by atoms with Crippen molar-refractivity contribution in [3.05, 3.63) is 85.6 Å². The van der Waals surface area contributed by atoms with E-state index in [1.165, 1.54) is 0 Å². The smallest absolute Gasteiger partial charge is 0.225 e. The van der Waals surface area contributed by atoms with E-state index < -0.39 is 0 Å². The maximum atomic E-state index is 4.62. The molecule has 0 aliphatic carbocycles. The second-order valence-electron chi connectivity index (χ2n) is 6.00. The van der Waals surface area contributed by atoms with Crippen molar-refractivity contribution in [2.24, 2.45) is 0 Å². The first-order valence-electron chi connectivity index (χ1n) is 8.73. The van der Waals surface area contributed by atoms with Crippen LogP contribution in [0.5, 0.6) is 0 Å². The van der Waals surface area contributed by atoms with Crippen molar-refractivity contribution in [2.75, 3.05) is 17.2 Å². The minimum absolute atomic E-state index is 0.548. The third kappa shape index (κ3) is 3.77. The lowest BCUT2D eigenvalue weighted by atomic mass is 10.1. The molecular weight excluding hydrogens is 334 g/mol. The summed E-state index contributed by atoms with van der Waals surface area (Å²) in [5, 5.41) is 7.64. The first kappa shape index (κ1) is 16.7. The monoisotopic (exact) mass is 353 g/mol. The zero-order valence-electron chi connectivity index (χ0n) is 14.8. The van der Waals surface area contributed by atoms with Crippen LogP contribution >= 0.6 is 0 Å². The molecule has 4 aromatic rings. The van der Waals surface area contributed by atoms with Gasteiger partial charge in [-0.05, 0) is 12.1 Å². The Morgan fingerprint density at radius 3 is 2.63 bits per heavy atom. The predicted octanol–water partition coefficient (Wildman–Crippen LogP) is 5.03. The van der Waals surface area contributed by atoms with Crippen molar-refractivity contribution >= 4 is 28.4 Å². The minimum atomic E-state index is 0.548. The van der Waals surface area contributed by atoms with Gasteiger partial charge in [-0.2, -0.15) is 4.98 Å². The maximum absolute atomic E-state index is 4.62. The average Bonchev–Trinajstić information content (AvgIpc) is 2.73. The van der Waals surface area contributed by atoms with E-state index >= 15 is 0 Å². The van der Waals surface area contributed by atoms with Gasteiger partial charge in [-0.1, -0.05) is 54.6 Å². The summed E-state index contributed by atoms with van der Waals surface area (Å²) in [5.74, 6) is 1.25. The largest absolute Gasteiger partial charge is 0.351 e. The SMILES string of the molecule is C=CCNc1nc(Nc2cccc3cccnc23)cc(-c2ccccc2)n1. The Morgan fingerprint density at radius 1 is 0.926 bits per heavy atom. The number of benzene rings is 2. The molecule has 0 spiro atoms. The topological polar surface area (TPSA) is 62.7 Å². The first-order chi connectivity index (χ1) is 13.3. The maximum Gasteiger partial charge on any atom is 0.225 e. The Hall–Kier alpha value is -3.73. The summed E-state index contributed by atoms with van der Waals surface area (Å²) in [6.45, 7) is 4.33. The zero-order valence-corrected chi connectivity index (χ0v) is 14.8. The van der Waals surface area contributed by atoms with Gasteiger partial charge in [0.2, 0.25) is 5.95 Å². The molecule has 132 valence electrons. The highest BCUT2D eigenvalue weighted by Crippen LogP contribution is 2.27. The van der Waals surface area contributed by atoms with Crippen LogP contribution in [0.2, 0.25) is 0 Å². The summed E-state index contributed by atoms with van der Waals surface area (Å²) < 4.78 is 0. The quantitative estimate of drug-likeness (QED) is 0.476. The van der Waals surface area contributed by atoms with E-state index in [-0.39, 0.29) is 0 Å². The number of hydrogen-bond donors (Lipinski definition) is 2. The van der Waals surface area contributed by atoms with Crippen molar-refractivity contribution < 1.29 is 0 Å². The lowest BCUT2D eigenvalue weighted by molar-refractivity contribution is 1.13. The Kier molecular flexibility index (Phi) is 4.74. The molecule has 0 aliphatic heterocycles. The Balaban J connectivity index is 1.75. The van der Waals surface area contributed by atoms with E-state index in [1.54, 1.807) is 12.3 Å². The van der Waals surface area contributed by atoms with Crippen LogP contribution in [-0.2, 0) is 0 Å². The van der Waals surface area contributed by atoms with Gasteiger partial charge in [0.15, 0.2) is 0 Å². The van der Waals surface area contributed by atoms with Gasteiger partial charge in [0, 0.05) is 29.8 Å². The first-order valence-corrected chi connectivity index (χ1v) is 8.73. The third-order valence-electron chi connectivity index (χ3n) is 4.10. The number of fused-ring (bicyclic) bond motifs is 1. The molecule has 0 atom stereocenters. The lowest BCUT2D eigenvalue weighted by Gasteiger charge is -2.12. The van der Waals surface area contributed by atoms with Crippen LogP contribution < -0.4 is 10.6 Å². The Labute approximate surface area is 157 Å². The molecule has 2 aromatic carbocycles. The third-order valence-corrected chi connectivity index (χ3v) is 4.10. The number of nitrogens with zero attached hydrogens (tertiary/aromatic N) is 3. The van der Waals surface area contributed by atoms with E-state index in [0.717, 1.165) is 27.8 Å². The number of pyridine rings is 1. The molecule has 0 fully saturated rings. The molecule has 5 heteroatoms. The average molecular weight is 353 g/mol. The number of anilines is 3. The lowest BCUT2D eigenvalue weighted by Crippen LogP contribution is -2.06. The van der Waals surface area contributed by atoms with Crippen LogP contribution in [-0.4, -0.2) is 21.5 Å². The summed E-state index contributed by atoms with van der Waals surface area (Å²) in [4.78, 5) is 13.7. The minimum Gasteiger partial charge on any atom is -0.351 e. The summed E-state index contributed by atoms with van der Waals surface area (Å²) in [6.07, 6.45) is 3.57. The molecule has 0 saturated carbocycles. The summed E-state index contributed by atoms with van der Waals surface area (Å²) >= 11 is 0. The van der Waals surface area contributed by atoms with Crippen molar-refractivity contribution in [1.82, 2.24) is 15.0 Å². The van der Waals surface area contributed by atoms with E-state index in [2.05, 4.69) is 32.2 Å². The Morgan fingerprint density at radius 2 is 1.78 bits per heavy atom. The highest BCUT2D eigenvalue weighted by atomic mass is 15.1. The molecule has 0 saturated heterocycles. The molecule has 0 aliphatic rings. The van der Waals surface area contributed by atoms with E-state index in [9.17, 15) is 0 Å². The fraction of sp³-hybridized carbons (Fsp3) is 0.0455. The van der Waals surface area contributed by atoms with Crippen LogP contribution in [0.3, 0.4) is 0 Å². The number of nitrogens with one attached hydrogen (secondary N) is 2. The van der Waals surface area contributed by atoms with Gasteiger partial charge in [0.1, 0.15) is 5.82 Å². The Bertz CT molecular complexity index is 1070. The second-order valence-corrected chi connectivity index (χ2v) is 6.00. The van der Waals surface area contributed by atoms with Crippen LogP contribution in [0.15, 0.2) is 85.6 Å². The van der Waals surface area contributed by atoms with Gasteiger partial charge in [-0.15, -0.1) is 6.58 Å². The normalized spacial score (nSPS) is 10.5. The number of para-hydroxylation sites is 1. The standard InChI is InChI=1S/C22H19N5/c1-2-13-24-22-26-19(16-8-4-3-5-9-16)15-20(27-22)25-18-12-6-10-17-11-7-14-23-21(17)18/h2-12,14-15H,1,13H2,(H2,24,25,26,27). The summed E-state index contributed by atoms with van der Waals surface area (Å²) in [6, 6.07) is 22.0. The fourth-order valence-corrected chi connectivity index (χ4v) is 2.85. The predicted molar refractivity (Wildman–Crippen MR) is 111 cm³/mol.